The van der Waals surface area contributed by atoms with E-state index in [9.17, 15) is 4.79 Å². The largest absolute Gasteiger partial charge is 0.325 e. The molecule has 0 atom stereocenters. The maximum atomic E-state index is 12.0. The zero-order chi connectivity index (χ0) is 15.9. The van der Waals surface area contributed by atoms with Gasteiger partial charge in [0.2, 0.25) is 5.91 Å². The fourth-order valence-corrected chi connectivity index (χ4v) is 2.35. The number of amides is 1. The van der Waals surface area contributed by atoms with Crippen LogP contribution >= 0.6 is 11.6 Å². The van der Waals surface area contributed by atoms with Crippen LogP contribution in [0.4, 0.5) is 5.69 Å². The highest BCUT2D eigenvalue weighted by Crippen LogP contribution is 2.12. The summed E-state index contributed by atoms with van der Waals surface area (Å²) in [6.07, 6.45) is 0.998. The van der Waals surface area contributed by atoms with Crippen molar-refractivity contribution in [2.45, 2.75) is 19.9 Å². The molecule has 1 amide bonds. The van der Waals surface area contributed by atoms with E-state index >= 15 is 0 Å². The molecule has 0 aromatic heterocycles. The van der Waals surface area contributed by atoms with Crippen LogP contribution in [0.3, 0.4) is 0 Å². The molecule has 0 aliphatic carbocycles. The fourth-order valence-electron chi connectivity index (χ4n) is 2.23. The third kappa shape index (κ3) is 5.17. The summed E-state index contributed by atoms with van der Waals surface area (Å²) in [5, 5.41) is 3.64. The molecule has 2 aromatic rings. The molecule has 0 fully saturated rings. The quantitative estimate of drug-likeness (QED) is 0.874. The number of anilines is 1. The molecule has 0 bridgehead atoms. The van der Waals surface area contributed by atoms with Crippen LogP contribution in [0.1, 0.15) is 18.1 Å². The van der Waals surface area contributed by atoms with E-state index in [-0.39, 0.29) is 5.91 Å². The zero-order valence-electron chi connectivity index (χ0n) is 13.0. The molecule has 116 valence electrons. The van der Waals surface area contributed by atoms with Gasteiger partial charge in [0.05, 0.1) is 6.54 Å². The molecule has 1 N–H and O–H groups in total. The Kier molecular flexibility index (Phi) is 5.99. The van der Waals surface area contributed by atoms with Crippen LogP contribution in [0.15, 0.2) is 48.5 Å². The minimum atomic E-state index is -0.0132. The van der Waals surface area contributed by atoms with Crippen molar-refractivity contribution in [1.82, 2.24) is 4.90 Å². The van der Waals surface area contributed by atoms with Crippen molar-refractivity contribution in [3.05, 3.63) is 64.7 Å². The van der Waals surface area contributed by atoms with Crippen molar-refractivity contribution < 1.29 is 4.79 Å². The summed E-state index contributed by atoms with van der Waals surface area (Å²) < 4.78 is 0. The van der Waals surface area contributed by atoms with Crippen LogP contribution in [0.2, 0.25) is 5.02 Å². The summed E-state index contributed by atoms with van der Waals surface area (Å²) in [5.41, 5.74) is 3.23. The van der Waals surface area contributed by atoms with Crippen LogP contribution in [-0.2, 0) is 17.8 Å². The van der Waals surface area contributed by atoms with E-state index in [0.717, 1.165) is 22.7 Å². The first-order chi connectivity index (χ1) is 10.6. The maximum Gasteiger partial charge on any atom is 0.238 e. The summed E-state index contributed by atoms with van der Waals surface area (Å²) in [5.74, 6) is -0.0132. The lowest BCUT2D eigenvalue weighted by atomic mass is 10.1. The normalized spacial score (nSPS) is 10.7. The summed E-state index contributed by atoms with van der Waals surface area (Å²) in [6.45, 7) is 3.16. The summed E-state index contributed by atoms with van der Waals surface area (Å²) >= 11 is 5.87. The van der Waals surface area contributed by atoms with Crippen molar-refractivity contribution in [3.8, 4) is 0 Å². The second-order valence-electron chi connectivity index (χ2n) is 5.40. The molecular formula is C18H21ClN2O. The van der Waals surface area contributed by atoms with Gasteiger partial charge < -0.3 is 5.32 Å². The molecule has 4 heteroatoms. The molecule has 0 unspecified atom stereocenters. The molecule has 3 nitrogen and oxygen atoms in total. The lowest BCUT2D eigenvalue weighted by Gasteiger charge is -2.16. The third-order valence-electron chi connectivity index (χ3n) is 3.43. The van der Waals surface area contributed by atoms with Crippen LogP contribution in [0.25, 0.3) is 0 Å². The fraction of sp³-hybridized carbons (Fsp3) is 0.278. The summed E-state index contributed by atoms with van der Waals surface area (Å²) in [4.78, 5) is 14.0. The third-order valence-corrected chi connectivity index (χ3v) is 3.68. The minimum absolute atomic E-state index is 0.0132. The second-order valence-corrected chi connectivity index (χ2v) is 5.83. The molecule has 0 aliphatic rings. The highest BCUT2D eigenvalue weighted by atomic mass is 35.5. The topological polar surface area (TPSA) is 32.3 Å². The number of benzene rings is 2. The van der Waals surface area contributed by atoms with Gasteiger partial charge in [0.15, 0.2) is 0 Å². The van der Waals surface area contributed by atoms with Gasteiger partial charge in [-0.2, -0.15) is 0 Å². The Labute approximate surface area is 136 Å². The average molecular weight is 317 g/mol. The van der Waals surface area contributed by atoms with E-state index in [4.69, 9.17) is 11.6 Å². The SMILES string of the molecule is CCc1ccc(NC(=O)CN(C)Cc2ccc(Cl)cc2)cc1. The number of likely N-dealkylation sites (N-methyl/N-ethyl adjacent to an activating group) is 1. The van der Waals surface area contributed by atoms with E-state index in [1.807, 2.05) is 60.5 Å². The van der Waals surface area contributed by atoms with Crippen LogP contribution in [0, 0.1) is 0 Å². The number of halogens is 1. The molecule has 0 heterocycles. The van der Waals surface area contributed by atoms with E-state index in [1.165, 1.54) is 5.56 Å². The lowest BCUT2D eigenvalue weighted by molar-refractivity contribution is -0.117. The van der Waals surface area contributed by atoms with Gasteiger partial charge in [0.1, 0.15) is 0 Å². The number of nitrogens with one attached hydrogen (secondary N) is 1. The van der Waals surface area contributed by atoms with Crippen molar-refractivity contribution in [3.63, 3.8) is 0 Å². The first-order valence-electron chi connectivity index (χ1n) is 7.38. The number of aryl methyl sites for hydroxylation is 1. The van der Waals surface area contributed by atoms with Crippen LogP contribution < -0.4 is 5.32 Å². The molecule has 0 aliphatic heterocycles. The Morgan fingerprint density at radius 3 is 2.23 bits per heavy atom. The number of rotatable bonds is 6. The highest BCUT2D eigenvalue weighted by molar-refractivity contribution is 6.30. The van der Waals surface area contributed by atoms with Gasteiger partial charge >= 0.3 is 0 Å². The molecule has 22 heavy (non-hydrogen) atoms. The number of hydrogen-bond acceptors (Lipinski definition) is 2. The zero-order valence-corrected chi connectivity index (χ0v) is 13.7. The van der Waals surface area contributed by atoms with Gasteiger partial charge in [-0.15, -0.1) is 0 Å². The molecule has 2 aromatic carbocycles. The van der Waals surface area contributed by atoms with Gasteiger partial charge in [0.25, 0.3) is 0 Å². The smallest absolute Gasteiger partial charge is 0.238 e. The molecule has 0 radical (unpaired) electrons. The van der Waals surface area contributed by atoms with E-state index < -0.39 is 0 Å². The van der Waals surface area contributed by atoms with Gasteiger partial charge in [-0.25, -0.2) is 0 Å². The van der Waals surface area contributed by atoms with Crippen LogP contribution in [-0.4, -0.2) is 24.4 Å². The van der Waals surface area contributed by atoms with Crippen molar-refractivity contribution in [2.75, 3.05) is 18.9 Å². The Balaban J connectivity index is 1.83. The highest BCUT2D eigenvalue weighted by Gasteiger charge is 2.07. The Bertz CT molecular complexity index is 608. The van der Waals surface area contributed by atoms with E-state index in [0.29, 0.717) is 13.1 Å². The Morgan fingerprint density at radius 1 is 1.05 bits per heavy atom. The minimum Gasteiger partial charge on any atom is -0.325 e. The Morgan fingerprint density at radius 2 is 1.64 bits per heavy atom. The predicted molar refractivity (Wildman–Crippen MR) is 92.2 cm³/mol. The molecule has 0 spiro atoms. The molecular weight excluding hydrogens is 296 g/mol. The lowest BCUT2D eigenvalue weighted by Crippen LogP contribution is -2.29. The van der Waals surface area contributed by atoms with Crippen molar-refractivity contribution >= 4 is 23.2 Å². The predicted octanol–water partition coefficient (Wildman–Crippen LogP) is 3.97. The molecule has 2 rings (SSSR count). The summed E-state index contributed by atoms with van der Waals surface area (Å²) in [7, 11) is 1.92. The van der Waals surface area contributed by atoms with Crippen molar-refractivity contribution in [1.29, 1.82) is 0 Å². The number of nitrogens with zero attached hydrogens (tertiary/aromatic N) is 1. The first-order valence-corrected chi connectivity index (χ1v) is 7.76. The van der Waals surface area contributed by atoms with Gasteiger partial charge in [-0.1, -0.05) is 42.8 Å². The van der Waals surface area contributed by atoms with E-state index in [2.05, 4.69) is 12.2 Å². The average Bonchev–Trinajstić information content (AvgIpc) is 2.50. The van der Waals surface area contributed by atoms with Gasteiger partial charge in [-0.05, 0) is 48.9 Å². The second kappa shape index (κ2) is 7.97. The monoisotopic (exact) mass is 316 g/mol. The maximum absolute atomic E-state index is 12.0. The first kappa shape index (κ1) is 16.5. The molecule has 0 saturated carbocycles. The number of carbonyl (C=O) groups excluding carboxylic acids is 1. The number of hydrogen-bond donors (Lipinski definition) is 1. The summed E-state index contributed by atoms with van der Waals surface area (Å²) in [6, 6.07) is 15.6. The van der Waals surface area contributed by atoms with Crippen molar-refractivity contribution in [2.24, 2.45) is 0 Å². The Hall–Kier alpha value is -1.84. The van der Waals surface area contributed by atoms with Gasteiger partial charge in [-0.3, -0.25) is 9.69 Å². The van der Waals surface area contributed by atoms with Crippen LogP contribution in [0.5, 0.6) is 0 Å². The standard InChI is InChI=1S/C18H21ClN2O/c1-3-14-6-10-17(11-7-14)20-18(22)13-21(2)12-15-4-8-16(19)9-5-15/h4-11H,3,12-13H2,1-2H3,(H,20,22). The number of carbonyl (C=O) groups is 1. The molecule has 0 saturated heterocycles. The van der Waals surface area contributed by atoms with E-state index in [1.54, 1.807) is 0 Å². The van der Waals surface area contributed by atoms with Gasteiger partial charge in [0, 0.05) is 17.3 Å².